The fourth-order valence-corrected chi connectivity index (χ4v) is 3.85. The van der Waals surface area contributed by atoms with Gasteiger partial charge in [0.05, 0.1) is 23.5 Å². The molecule has 0 saturated carbocycles. The third-order valence-electron chi connectivity index (χ3n) is 3.04. The number of aliphatic hydroxyl groups is 1. The van der Waals surface area contributed by atoms with E-state index in [1.54, 1.807) is 0 Å². The lowest BCUT2D eigenvalue weighted by molar-refractivity contribution is -0.141. The summed E-state index contributed by atoms with van der Waals surface area (Å²) in [5.74, 6) is -1.03. The minimum atomic E-state index is -2.97. The van der Waals surface area contributed by atoms with E-state index in [1.165, 1.54) is 6.92 Å². The molecule has 0 radical (unpaired) electrons. The largest absolute Gasteiger partial charge is 0.481 e. The highest BCUT2D eigenvalue weighted by Crippen LogP contribution is 2.17. The van der Waals surface area contributed by atoms with Gasteiger partial charge < -0.3 is 20.8 Å². The van der Waals surface area contributed by atoms with Crippen molar-refractivity contribution in [3.63, 3.8) is 0 Å². The molecular formula is C11H20N2O6S. The fourth-order valence-electron chi connectivity index (χ4n) is 1.99. The van der Waals surface area contributed by atoms with E-state index >= 15 is 0 Å². The van der Waals surface area contributed by atoms with Crippen molar-refractivity contribution >= 4 is 21.8 Å². The van der Waals surface area contributed by atoms with Crippen LogP contribution in [0.1, 0.15) is 19.8 Å². The second-order valence-corrected chi connectivity index (χ2v) is 7.63. The Balaban J connectivity index is 2.26. The molecule has 1 saturated heterocycles. The van der Waals surface area contributed by atoms with Crippen LogP contribution in [0.4, 0.5) is 4.79 Å². The molecule has 2 unspecified atom stereocenters. The van der Waals surface area contributed by atoms with Crippen molar-refractivity contribution in [3.05, 3.63) is 0 Å². The molecule has 0 aliphatic carbocycles. The number of rotatable bonds is 6. The number of hydrogen-bond donors (Lipinski definition) is 4. The van der Waals surface area contributed by atoms with Crippen LogP contribution < -0.4 is 10.6 Å². The minimum Gasteiger partial charge on any atom is -0.481 e. The SMILES string of the molecule is CC(O)(CNC(=O)NCC1CCS(=O)(=O)C1)CC(=O)O. The van der Waals surface area contributed by atoms with Gasteiger partial charge in [0, 0.05) is 13.1 Å². The summed E-state index contributed by atoms with van der Waals surface area (Å²) in [6.45, 7) is 1.35. The molecule has 0 aromatic carbocycles. The van der Waals surface area contributed by atoms with E-state index in [0.717, 1.165) is 0 Å². The molecule has 2 atom stereocenters. The smallest absolute Gasteiger partial charge is 0.314 e. The van der Waals surface area contributed by atoms with Gasteiger partial charge in [-0.2, -0.15) is 0 Å². The number of sulfone groups is 1. The van der Waals surface area contributed by atoms with Gasteiger partial charge in [0.1, 0.15) is 0 Å². The lowest BCUT2D eigenvalue weighted by Crippen LogP contribution is -2.46. The van der Waals surface area contributed by atoms with Crippen molar-refractivity contribution < 1.29 is 28.2 Å². The van der Waals surface area contributed by atoms with Crippen molar-refractivity contribution in [2.75, 3.05) is 24.6 Å². The third kappa shape index (κ3) is 6.20. The molecule has 4 N–H and O–H groups in total. The number of carbonyl (C=O) groups is 2. The summed E-state index contributed by atoms with van der Waals surface area (Å²) in [6.07, 6.45) is 0.0491. The standard InChI is InChI=1S/C11H20N2O6S/c1-11(17,4-9(14)15)7-13-10(16)12-5-8-2-3-20(18,19)6-8/h8,17H,2-7H2,1H3,(H,14,15)(H2,12,13,16). The normalized spacial score (nSPS) is 23.8. The van der Waals surface area contributed by atoms with Crippen LogP contribution in [0.15, 0.2) is 0 Å². The van der Waals surface area contributed by atoms with Gasteiger partial charge in [0.25, 0.3) is 0 Å². The number of carbonyl (C=O) groups excluding carboxylic acids is 1. The summed E-state index contributed by atoms with van der Waals surface area (Å²) < 4.78 is 22.5. The van der Waals surface area contributed by atoms with Crippen LogP contribution in [-0.2, 0) is 14.6 Å². The van der Waals surface area contributed by atoms with Gasteiger partial charge in [0.15, 0.2) is 9.84 Å². The highest BCUT2D eigenvalue weighted by Gasteiger charge is 2.28. The molecule has 0 spiro atoms. The molecule has 116 valence electrons. The van der Waals surface area contributed by atoms with Gasteiger partial charge in [-0.15, -0.1) is 0 Å². The third-order valence-corrected chi connectivity index (χ3v) is 4.88. The highest BCUT2D eigenvalue weighted by atomic mass is 32.2. The molecule has 20 heavy (non-hydrogen) atoms. The van der Waals surface area contributed by atoms with Gasteiger partial charge in [-0.05, 0) is 19.3 Å². The van der Waals surface area contributed by atoms with Crippen LogP contribution in [0.2, 0.25) is 0 Å². The molecule has 1 rings (SSSR count). The van der Waals surface area contributed by atoms with Crippen molar-refractivity contribution in [1.82, 2.24) is 10.6 Å². The van der Waals surface area contributed by atoms with Crippen molar-refractivity contribution in [1.29, 1.82) is 0 Å². The Morgan fingerprint density at radius 2 is 2.00 bits per heavy atom. The zero-order valence-corrected chi connectivity index (χ0v) is 12.1. The molecule has 1 aliphatic rings. The molecule has 1 fully saturated rings. The van der Waals surface area contributed by atoms with E-state index in [9.17, 15) is 23.1 Å². The summed E-state index contributed by atoms with van der Waals surface area (Å²) >= 11 is 0. The first kappa shape index (κ1) is 16.7. The summed E-state index contributed by atoms with van der Waals surface area (Å²) in [7, 11) is -2.97. The second kappa shape index (κ2) is 6.40. The van der Waals surface area contributed by atoms with Crippen LogP contribution in [0.3, 0.4) is 0 Å². The molecule has 1 aliphatic heterocycles. The molecule has 1 heterocycles. The fraction of sp³-hybridized carbons (Fsp3) is 0.818. The number of carboxylic acids is 1. The highest BCUT2D eigenvalue weighted by molar-refractivity contribution is 7.91. The number of nitrogens with one attached hydrogen (secondary N) is 2. The topological polar surface area (TPSA) is 133 Å². The Bertz CT molecular complexity index is 473. The molecule has 0 aromatic rings. The molecule has 0 bridgehead atoms. The first-order valence-corrected chi connectivity index (χ1v) is 8.08. The Labute approximate surface area is 117 Å². The van der Waals surface area contributed by atoms with Crippen LogP contribution in [0.25, 0.3) is 0 Å². The predicted octanol–water partition coefficient (Wildman–Crippen LogP) is -1.05. The zero-order valence-electron chi connectivity index (χ0n) is 11.3. The molecule has 0 aromatic heterocycles. The van der Waals surface area contributed by atoms with Crippen molar-refractivity contribution in [2.45, 2.75) is 25.4 Å². The quantitative estimate of drug-likeness (QED) is 0.494. The molecule has 9 heteroatoms. The first-order valence-electron chi connectivity index (χ1n) is 6.26. The average Bonchev–Trinajstić information content (AvgIpc) is 2.62. The van der Waals surface area contributed by atoms with Gasteiger partial charge in [-0.3, -0.25) is 4.79 Å². The van der Waals surface area contributed by atoms with Gasteiger partial charge in [-0.1, -0.05) is 0 Å². The number of urea groups is 1. The Morgan fingerprint density at radius 3 is 2.50 bits per heavy atom. The van der Waals surface area contributed by atoms with E-state index in [2.05, 4.69) is 10.6 Å². The Morgan fingerprint density at radius 1 is 1.35 bits per heavy atom. The van der Waals surface area contributed by atoms with E-state index in [1.807, 2.05) is 0 Å². The van der Waals surface area contributed by atoms with Crippen LogP contribution >= 0.6 is 0 Å². The van der Waals surface area contributed by atoms with Gasteiger partial charge in [-0.25, -0.2) is 13.2 Å². The summed E-state index contributed by atoms with van der Waals surface area (Å²) in [4.78, 5) is 21.9. The summed E-state index contributed by atoms with van der Waals surface area (Å²) in [5.41, 5.74) is -1.53. The molecular weight excluding hydrogens is 288 g/mol. The number of amides is 2. The van der Waals surface area contributed by atoms with E-state index in [4.69, 9.17) is 5.11 Å². The number of hydrogen-bond acceptors (Lipinski definition) is 5. The Kier molecular flexibility index (Phi) is 5.35. The minimum absolute atomic E-state index is 0.0734. The van der Waals surface area contributed by atoms with Gasteiger partial charge >= 0.3 is 12.0 Å². The van der Waals surface area contributed by atoms with E-state index in [-0.39, 0.29) is 30.5 Å². The average molecular weight is 308 g/mol. The number of aliphatic carboxylic acids is 1. The van der Waals surface area contributed by atoms with Gasteiger partial charge in [0.2, 0.25) is 0 Å². The molecule has 8 nitrogen and oxygen atoms in total. The zero-order chi connectivity index (χ0) is 15.4. The first-order chi connectivity index (χ1) is 9.10. The van der Waals surface area contributed by atoms with Crippen molar-refractivity contribution in [2.24, 2.45) is 5.92 Å². The Hall–Kier alpha value is -1.35. The lowest BCUT2D eigenvalue weighted by atomic mass is 10.0. The van der Waals surface area contributed by atoms with Crippen LogP contribution in [-0.4, -0.2) is 60.8 Å². The lowest BCUT2D eigenvalue weighted by Gasteiger charge is -2.21. The summed E-state index contributed by atoms with van der Waals surface area (Å²) in [5, 5.41) is 23.1. The maximum atomic E-state index is 11.5. The van der Waals surface area contributed by atoms with Crippen LogP contribution in [0, 0.1) is 5.92 Å². The molecule has 2 amide bonds. The summed E-state index contributed by atoms with van der Waals surface area (Å²) in [6, 6.07) is -0.556. The van der Waals surface area contributed by atoms with E-state index in [0.29, 0.717) is 6.42 Å². The van der Waals surface area contributed by atoms with Crippen molar-refractivity contribution in [3.8, 4) is 0 Å². The maximum Gasteiger partial charge on any atom is 0.314 e. The monoisotopic (exact) mass is 308 g/mol. The van der Waals surface area contributed by atoms with E-state index < -0.39 is 33.9 Å². The number of carboxylic acid groups (broad SMARTS) is 1. The second-order valence-electron chi connectivity index (χ2n) is 5.40. The van der Waals surface area contributed by atoms with Crippen LogP contribution in [0.5, 0.6) is 0 Å². The maximum absolute atomic E-state index is 11.5. The predicted molar refractivity (Wildman–Crippen MR) is 71.0 cm³/mol.